The van der Waals surface area contributed by atoms with Crippen molar-refractivity contribution in [2.45, 2.75) is 13.0 Å². The lowest BCUT2D eigenvalue weighted by molar-refractivity contribution is 0.434. The van der Waals surface area contributed by atoms with E-state index in [0.717, 1.165) is 11.8 Å². The van der Waals surface area contributed by atoms with Crippen molar-refractivity contribution in [2.24, 2.45) is 0 Å². The molecular formula is C14H13F3N2. The van der Waals surface area contributed by atoms with Gasteiger partial charge in [0.15, 0.2) is 17.5 Å². The van der Waals surface area contributed by atoms with Crippen LogP contribution in [0.3, 0.4) is 0 Å². The summed E-state index contributed by atoms with van der Waals surface area (Å²) in [4.78, 5) is 4.27. The van der Waals surface area contributed by atoms with Crippen molar-refractivity contribution in [3.8, 4) is 0 Å². The molecule has 0 radical (unpaired) electrons. The molecule has 0 bridgehead atoms. The van der Waals surface area contributed by atoms with Crippen LogP contribution in [0.15, 0.2) is 30.3 Å². The summed E-state index contributed by atoms with van der Waals surface area (Å²) in [6.07, 6.45) is 0. The maximum absolute atomic E-state index is 13.8. The molecule has 1 aromatic heterocycles. The predicted octanol–water partition coefficient (Wildman–Crippen LogP) is 3.12. The summed E-state index contributed by atoms with van der Waals surface area (Å²) in [6.45, 7) is 1.80. The van der Waals surface area contributed by atoms with E-state index in [-0.39, 0.29) is 5.56 Å². The molecule has 0 amide bonds. The fourth-order valence-corrected chi connectivity index (χ4v) is 1.95. The second-order valence-corrected chi connectivity index (χ2v) is 4.19. The van der Waals surface area contributed by atoms with Crippen molar-refractivity contribution < 1.29 is 13.2 Å². The molecule has 19 heavy (non-hydrogen) atoms. The molecule has 1 N–H and O–H groups in total. The minimum absolute atomic E-state index is 0.0273. The van der Waals surface area contributed by atoms with E-state index in [2.05, 4.69) is 10.3 Å². The van der Waals surface area contributed by atoms with Crippen molar-refractivity contribution in [1.29, 1.82) is 0 Å². The third-order valence-corrected chi connectivity index (χ3v) is 2.87. The average Bonchev–Trinajstić information content (AvgIpc) is 2.40. The quantitative estimate of drug-likeness (QED) is 0.863. The van der Waals surface area contributed by atoms with Crippen LogP contribution in [0.5, 0.6) is 0 Å². The first-order valence-corrected chi connectivity index (χ1v) is 5.78. The lowest BCUT2D eigenvalue weighted by Crippen LogP contribution is -2.21. The first-order valence-electron chi connectivity index (χ1n) is 5.78. The van der Waals surface area contributed by atoms with Crippen LogP contribution in [0.4, 0.5) is 13.2 Å². The molecule has 0 aliphatic heterocycles. The lowest BCUT2D eigenvalue weighted by Gasteiger charge is -2.17. The van der Waals surface area contributed by atoms with Crippen LogP contribution in [-0.4, -0.2) is 12.0 Å². The number of hydrogen-bond donors (Lipinski definition) is 1. The van der Waals surface area contributed by atoms with Crippen LogP contribution in [0, 0.1) is 24.4 Å². The number of benzene rings is 1. The molecule has 5 heteroatoms. The summed E-state index contributed by atoms with van der Waals surface area (Å²) in [6, 6.07) is 6.79. The van der Waals surface area contributed by atoms with Crippen LogP contribution >= 0.6 is 0 Å². The van der Waals surface area contributed by atoms with E-state index in [1.54, 1.807) is 32.2 Å². The Hall–Kier alpha value is -1.88. The molecule has 1 aromatic carbocycles. The van der Waals surface area contributed by atoms with Gasteiger partial charge in [0.1, 0.15) is 0 Å². The van der Waals surface area contributed by atoms with E-state index >= 15 is 0 Å². The van der Waals surface area contributed by atoms with Gasteiger partial charge in [-0.1, -0.05) is 12.1 Å². The number of halogens is 3. The second kappa shape index (κ2) is 5.40. The largest absolute Gasteiger partial charge is 0.308 e. The van der Waals surface area contributed by atoms with Gasteiger partial charge >= 0.3 is 0 Å². The first-order chi connectivity index (χ1) is 9.04. The highest BCUT2D eigenvalue weighted by Gasteiger charge is 2.21. The molecular weight excluding hydrogens is 253 g/mol. The number of aromatic nitrogens is 1. The molecule has 100 valence electrons. The highest BCUT2D eigenvalue weighted by Crippen LogP contribution is 2.25. The third-order valence-electron chi connectivity index (χ3n) is 2.87. The van der Waals surface area contributed by atoms with Crippen molar-refractivity contribution in [2.75, 3.05) is 7.05 Å². The fraction of sp³-hybridized carbons (Fsp3) is 0.214. The molecule has 0 saturated heterocycles. The normalized spacial score (nSPS) is 12.5. The molecule has 0 spiro atoms. The van der Waals surface area contributed by atoms with Gasteiger partial charge < -0.3 is 5.32 Å². The smallest absolute Gasteiger partial charge is 0.194 e. The van der Waals surface area contributed by atoms with Gasteiger partial charge in [-0.25, -0.2) is 13.2 Å². The minimum atomic E-state index is -1.47. The van der Waals surface area contributed by atoms with Gasteiger partial charge in [-0.3, -0.25) is 4.98 Å². The summed E-state index contributed by atoms with van der Waals surface area (Å²) >= 11 is 0. The zero-order chi connectivity index (χ0) is 14.0. The van der Waals surface area contributed by atoms with E-state index in [1.807, 2.05) is 0 Å². The maximum atomic E-state index is 13.8. The van der Waals surface area contributed by atoms with Crippen molar-refractivity contribution in [1.82, 2.24) is 10.3 Å². The summed E-state index contributed by atoms with van der Waals surface area (Å²) in [5.74, 6) is -3.86. The molecule has 1 unspecified atom stereocenters. The van der Waals surface area contributed by atoms with Gasteiger partial charge in [-0.15, -0.1) is 0 Å². The minimum Gasteiger partial charge on any atom is -0.308 e. The van der Waals surface area contributed by atoms with Crippen molar-refractivity contribution >= 4 is 0 Å². The van der Waals surface area contributed by atoms with Crippen LogP contribution < -0.4 is 5.32 Å². The number of pyridine rings is 1. The van der Waals surface area contributed by atoms with Crippen LogP contribution in [0.2, 0.25) is 0 Å². The van der Waals surface area contributed by atoms with Crippen LogP contribution in [-0.2, 0) is 0 Å². The van der Waals surface area contributed by atoms with E-state index in [4.69, 9.17) is 0 Å². The van der Waals surface area contributed by atoms with Gasteiger partial charge in [-0.05, 0) is 32.2 Å². The van der Waals surface area contributed by atoms with E-state index in [9.17, 15) is 13.2 Å². The SMILES string of the molecule is CNC(c1cccc(C)n1)c1ccc(F)c(F)c1F. The Morgan fingerprint density at radius 1 is 1.05 bits per heavy atom. The molecule has 1 heterocycles. The summed E-state index contributed by atoms with van der Waals surface area (Å²) in [5, 5.41) is 2.86. The Balaban J connectivity index is 2.51. The van der Waals surface area contributed by atoms with E-state index in [0.29, 0.717) is 5.69 Å². The maximum Gasteiger partial charge on any atom is 0.194 e. The number of rotatable bonds is 3. The zero-order valence-electron chi connectivity index (χ0n) is 10.5. The Morgan fingerprint density at radius 3 is 2.42 bits per heavy atom. The van der Waals surface area contributed by atoms with Gasteiger partial charge in [-0.2, -0.15) is 0 Å². The first kappa shape index (κ1) is 13.5. The number of aryl methyl sites for hydroxylation is 1. The molecule has 0 fully saturated rings. The summed E-state index contributed by atoms with van der Waals surface area (Å²) < 4.78 is 40.0. The van der Waals surface area contributed by atoms with Crippen LogP contribution in [0.25, 0.3) is 0 Å². The van der Waals surface area contributed by atoms with Crippen molar-refractivity contribution in [3.63, 3.8) is 0 Å². The summed E-state index contributed by atoms with van der Waals surface area (Å²) in [7, 11) is 1.61. The fourth-order valence-electron chi connectivity index (χ4n) is 1.95. The zero-order valence-corrected chi connectivity index (χ0v) is 10.5. The standard InChI is InChI=1S/C14H13F3N2/c1-8-4-3-5-11(19-8)14(18-2)9-6-7-10(15)13(17)12(9)16/h3-7,14,18H,1-2H3. The molecule has 0 saturated carbocycles. The monoisotopic (exact) mass is 266 g/mol. The van der Waals surface area contributed by atoms with Gasteiger partial charge in [0.05, 0.1) is 11.7 Å². The van der Waals surface area contributed by atoms with Gasteiger partial charge in [0, 0.05) is 11.3 Å². The molecule has 2 aromatic rings. The van der Waals surface area contributed by atoms with E-state index < -0.39 is 23.5 Å². The second-order valence-electron chi connectivity index (χ2n) is 4.19. The number of nitrogens with zero attached hydrogens (tertiary/aromatic N) is 1. The Kier molecular flexibility index (Phi) is 3.85. The van der Waals surface area contributed by atoms with Crippen LogP contribution in [0.1, 0.15) is 23.0 Å². The Morgan fingerprint density at radius 2 is 1.79 bits per heavy atom. The van der Waals surface area contributed by atoms with Crippen molar-refractivity contribution in [3.05, 3.63) is 64.7 Å². The molecule has 2 nitrogen and oxygen atoms in total. The van der Waals surface area contributed by atoms with E-state index in [1.165, 1.54) is 6.07 Å². The highest BCUT2D eigenvalue weighted by atomic mass is 19.2. The average molecular weight is 266 g/mol. The Bertz CT molecular complexity index is 599. The van der Waals surface area contributed by atoms with Gasteiger partial charge in [0.25, 0.3) is 0 Å². The van der Waals surface area contributed by atoms with Gasteiger partial charge in [0.2, 0.25) is 0 Å². The lowest BCUT2D eigenvalue weighted by atomic mass is 10.0. The molecule has 1 atom stereocenters. The third kappa shape index (κ3) is 2.61. The molecule has 0 aliphatic carbocycles. The number of hydrogen-bond acceptors (Lipinski definition) is 2. The predicted molar refractivity (Wildman–Crippen MR) is 66.2 cm³/mol. The highest BCUT2D eigenvalue weighted by molar-refractivity contribution is 5.30. The molecule has 0 aliphatic rings. The summed E-state index contributed by atoms with van der Waals surface area (Å²) in [5.41, 5.74) is 1.34. The topological polar surface area (TPSA) is 24.9 Å². The molecule has 2 rings (SSSR count). The number of nitrogens with one attached hydrogen (secondary N) is 1. The Labute approximate surface area is 109 Å².